The Morgan fingerprint density at radius 2 is 2.00 bits per heavy atom. The van der Waals surface area contributed by atoms with E-state index >= 15 is 0 Å². The molecule has 0 aliphatic rings. The maximum Gasteiger partial charge on any atom is 0.230 e. The number of amides is 1. The molecule has 0 bridgehead atoms. The fourth-order valence-electron chi connectivity index (χ4n) is 2.28. The van der Waals surface area contributed by atoms with E-state index in [1.54, 1.807) is 13.1 Å². The van der Waals surface area contributed by atoms with Crippen molar-refractivity contribution in [2.45, 2.75) is 32.1 Å². The molecule has 1 aromatic carbocycles. The third kappa shape index (κ3) is 2.35. The van der Waals surface area contributed by atoms with E-state index in [1.165, 1.54) is 12.1 Å². The van der Waals surface area contributed by atoms with Crippen LogP contribution >= 0.6 is 0 Å². The Balaban J connectivity index is 3.43. The molecule has 1 aromatic rings. The normalized spacial score (nSPS) is 10.8. The van der Waals surface area contributed by atoms with Gasteiger partial charge in [0, 0.05) is 7.05 Å². The van der Waals surface area contributed by atoms with E-state index in [0.717, 1.165) is 0 Å². The van der Waals surface area contributed by atoms with Crippen molar-refractivity contribution in [1.82, 2.24) is 5.32 Å². The zero-order valence-corrected chi connectivity index (χ0v) is 10.9. The Morgan fingerprint density at radius 3 is 2.44 bits per heavy atom. The van der Waals surface area contributed by atoms with Crippen LogP contribution in [-0.4, -0.2) is 13.0 Å². The molecule has 0 saturated heterocycles. The maximum atomic E-state index is 13.5. The number of likely N-dealkylation sites (N-methyl/N-ethyl adjacent to an activating group) is 1. The lowest BCUT2D eigenvalue weighted by Crippen LogP contribution is -2.42. The summed E-state index contributed by atoms with van der Waals surface area (Å²) in [5.74, 6) is -0.638. The van der Waals surface area contributed by atoms with Crippen molar-refractivity contribution in [3.8, 4) is 6.07 Å². The standard InChI is InChI=1S/C14H17FN2O/c1-4-14(5-2,13(18)17-3)11-6-10(9-16)7-12(15)8-11/h6-8H,4-5H2,1-3H3,(H,17,18). The molecule has 1 N–H and O–H groups in total. The van der Waals surface area contributed by atoms with E-state index in [-0.39, 0.29) is 11.5 Å². The van der Waals surface area contributed by atoms with Crippen molar-refractivity contribution < 1.29 is 9.18 Å². The molecule has 0 spiro atoms. The van der Waals surface area contributed by atoms with Crippen LogP contribution in [0, 0.1) is 17.1 Å². The number of hydrogen-bond donors (Lipinski definition) is 1. The van der Waals surface area contributed by atoms with Gasteiger partial charge in [0.2, 0.25) is 5.91 Å². The molecule has 0 aliphatic carbocycles. The van der Waals surface area contributed by atoms with Crippen molar-refractivity contribution in [2.75, 3.05) is 7.05 Å². The van der Waals surface area contributed by atoms with Gasteiger partial charge < -0.3 is 5.32 Å². The smallest absolute Gasteiger partial charge is 0.230 e. The second kappa shape index (κ2) is 5.63. The first-order valence-electron chi connectivity index (χ1n) is 5.97. The number of carbonyl (C=O) groups is 1. The summed E-state index contributed by atoms with van der Waals surface area (Å²) in [4.78, 5) is 12.1. The molecule has 0 radical (unpaired) electrons. The second-order valence-electron chi connectivity index (χ2n) is 4.21. The molecule has 0 atom stereocenters. The van der Waals surface area contributed by atoms with Crippen molar-refractivity contribution in [1.29, 1.82) is 5.26 Å². The number of halogens is 1. The molecule has 0 aliphatic heterocycles. The van der Waals surface area contributed by atoms with Crippen LogP contribution in [0.25, 0.3) is 0 Å². The number of rotatable bonds is 4. The molecule has 0 aromatic heterocycles. The van der Waals surface area contributed by atoms with Gasteiger partial charge in [0.1, 0.15) is 5.82 Å². The highest BCUT2D eigenvalue weighted by Gasteiger charge is 2.36. The average Bonchev–Trinajstić information content (AvgIpc) is 2.39. The van der Waals surface area contributed by atoms with Gasteiger partial charge in [-0.3, -0.25) is 4.79 Å². The molecule has 0 saturated carbocycles. The highest BCUT2D eigenvalue weighted by atomic mass is 19.1. The number of nitrogens with zero attached hydrogens (tertiary/aromatic N) is 1. The van der Waals surface area contributed by atoms with E-state index in [0.29, 0.717) is 18.4 Å². The van der Waals surface area contributed by atoms with Gasteiger partial charge in [-0.2, -0.15) is 5.26 Å². The van der Waals surface area contributed by atoms with Gasteiger partial charge in [0.25, 0.3) is 0 Å². The van der Waals surface area contributed by atoms with Crippen LogP contribution in [0.15, 0.2) is 18.2 Å². The Morgan fingerprint density at radius 1 is 1.39 bits per heavy atom. The largest absolute Gasteiger partial charge is 0.358 e. The number of hydrogen-bond acceptors (Lipinski definition) is 2. The topological polar surface area (TPSA) is 52.9 Å². The fourth-order valence-corrected chi connectivity index (χ4v) is 2.28. The summed E-state index contributed by atoms with van der Waals surface area (Å²) in [5.41, 5.74) is 0.0196. The van der Waals surface area contributed by atoms with Crippen molar-refractivity contribution >= 4 is 5.91 Å². The highest BCUT2D eigenvalue weighted by molar-refractivity contribution is 5.88. The third-order valence-corrected chi connectivity index (χ3v) is 3.45. The highest BCUT2D eigenvalue weighted by Crippen LogP contribution is 2.33. The molecule has 1 rings (SSSR count). The molecule has 0 fully saturated rings. The molecule has 0 unspecified atom stereocenters. The van der Waals surface area contributed by atoms with Crippen LogP contribution in [-0.2, 0) is 10.2 Å². The number of carbonyl (C=O) groups excluding carboxylic acids is 1. The van der Waals surface area contributed by atoms with Gasteiger partial charge in [0.05, 0.1) is 17.0 Å². The first-order chi connectivity index (χ1) is 8.53. The Hall–Kier alpha value is -1.89. The Kier molecular flexibility index (Phi) is 4.43. The first-order valence-corrected chi connectivity index (χ1v) is 5.97. The minimum absolute atomic E-state index is 0.151. The maximum absolute atomic E-state index is 13.5. The summed E-state index contributed by atoms with van der Waals surface area (Å²) in [6, 6.07) is 6.01. The molecule has 3 nitrogen and oxygen atoms in total. The number of benzene rings is 1. The van der Waals surface area contributed by atoms with Crippen LogP contribution in [0.2, 0.25) is 0 Å². The summed E-state index contributed by atoms with van der Waals surface area (Å²) in [6.45, 7) is 3.77. The molecular formula is C14H17FN2O. The first kappa shape index (κ1) is 14.2. The SMILES string of the molecule is CCC(CC)(C(=O)NC)c1cc(F)cc(C#N)c1. The van der Waals surface area contributed by atoms with Crippen LogP contribution in [0.5, 0.6) is 0 Å². The van der Waals surface area contributed by atoms with Crippen LogP contribution < -0.4 is 5.32 Å². The quantitative estimate of drug-likeness (QED) is 0.890. The Bertz CT molecular complexity index is 487. The second-order valence-corrected chi connectivity index (χ2v) is 4.21. The van der Waals surface area contributed by atoms with Crippen molar-refractivity contribution in [3.05, 3.63) is 35.1 Å². The van der Waals surface area contributed by atoms with Gasteiger partial charge in [0.15, 0.2) is 0 Å². The summed E-state index contributed by atoms with van der Waals surface area (Å²) < 4.78 is 13.5. The minimum atomic E-state index is -0.775. The monoisotopic (exact) mass is 248 g/mol. The molecule has 1 amide bonds. The lowest BCUT2D eigenvalue weighted by Gasteiger charge is -2.30. The molecule has 4 heteroatoms. The molecular weight excluding hydrogens is 231 g/mol. The predicted octanol–water partition coefficient (Wildman–Crippen LogP) is 2.50. The van der Waals surface area contributed by atoms with Gasteiger partial charge in [-0.1, -0.05) is 13.8 Å². The van der Waals surface area contributed by atoms with Gasteiger partial charge >= 0.3 is 0 Å². The van der Waals surface area contributed by atoms with Crippen LogP contribution in [0.3, 0.4) is 0 Å². The minimum Gasteiger partial charge on any atom is -0.358 e. The molecule has 96 valence electrons. The number of nitriles is 1. The van der Waals surface area contributed by atoms with E-state index in [1.807, 2.05) is 19.9 Å². The third-order valence-electron chi connectivity index (χ3n) is 3.45. The molecule has 0 heterocycles. The van der Waals surface area contributed by atoms with E-state index in [2.05, 4.69) is 5.32 Å². The lowest BCUT2D eigenvalue weighted by atomic mass is 9.74. The zero-order valence-electron chi connectivity index (χ0n) is 10.9. The van der Waals surface area contributed by atoms with Gasteiger partial charge in [-0.05, 0) is 36.6 Å². The van der Waals surface area contributed by atoms with E-state index in [9.17, 15) is 9.18 Å². The zero-order chi connectivity index (χ0) is 13.8. The van der Waals surface area contributed by atoms with E-state index in [4.69, 9.17) is 5.26 Å². The van der Waals surface area contributed by atoms with Crippen molar-refractivity contribution in [2.24, 2.45) is 0 Å². The summed E-state index contributed by atoms with van der Waals surface area (Å²) in [7, 11) is 1.56. The van der Waals surface area contributed by atoms with E-state index < -0.39 is 11.2 Å². The summed E-state index contributed by atoms with van der Waals surface area (Å²) >= 11 is 0. The summed E-state index contributed by atoms with van der Waals surface area (Å²) in [5, 5.41) is 11.5. The van der Waals surface area contributed by atoms with Crippen LogP contribution in [0.4, 0.5) is 4.39 Å². The van der Waals surface area contributed by atoms with Gasteiger partial charge in [-0.25, -0.2) is 4.39 Å². The fraction of sp³-hybridized carbons (Fsp3) is 0.429. The predicted molar refractivity (Wildman–Crippen MR) is 67.4 cm³/mol. The number of nitrogens with one attached hydrogen (secondary N) is 1. The molecule has 18 heavy (non-hydrogen) atoms. The van der Waals surface area contributed by atoms with Crippen molar-refractivity contribution in [3.63, 3.8) is 0 Å². The van der Waals surface area contributed by atoms with Crippen LogP contribution in [0.1, 0.15) is 37.8 Å². The Labute approximate surface area is 107 Å². The average molecular weight is 248 g/mol. The summed E-state index contributed by atoms with van der Waals surface area (Å²) in [6.07, 6.45) is 1.11. The van der Waals surface area contributed by atoms with Gasteiger partial charge in [-0.15, -0.1) is 0 Å². The lowest BCUT2D eigenvalue weighted by molar-refractivity contribution is -0.126.